The number of carbonyl (C=O) groups excluding carboxylic acids is 1. The maximum Gasteiger partial charge on any atom is 0.241 e. The molecule has 1 amide bonds. The summed E-state index contributed by atoms with van der Waals surface area (Å²) in [5, 5.41) is 2.79. The first-order valence-corrected chi connectivity index (χ1v) is 8.00. The lowest BCUT2D eigenvalue weighted by atomic mass is 10.2. The Labute approximate surface area is 117 Å². The minimum atomic E-state index is -3.78. The molecular weight excluding hydrogens is 283 g/mol. The minimum absolute atomic E-state index is 0.0624. The Hall–Kier alpha value is -1.47. The van der Waals surface area contributed by atoms with Crippen molar-refractivity contribution in [3.05, 3.63) is 30.1 Å². The van der Waals surface area contributed by atoms with Crippen molar-refractivity contribution in [2.75, 3.05) is 6.54 Å². The molecule has 1 aliphatic carbocycles. The fourth-order valence-electron chi connectivity index (χ4n) is 2.21. The molecule has 0 spiro atoms. The lowest BCUT2D eigenvalue weighted by molar-refractivity contribution is -0.120. The number of benzene rings is 1. The van der Waals surface area contributed by atoms with E-state index in [4.69, 9.17) is 0 Å². The van der Waals surface area contributed by atoms with E-state index in [1.165, 1.54) is 0 Å². The van der Waals surface area contributed by atoms with E-state index >= 15 is 0 Å². The van der Waals surface area contributed by atoms with Gasteiger partial charge in [-0.2, -0.15) is 0 Å². The van der Waals surface area contributed by atoms with E-state index in [1.807, 2.05) is 0 Å². The van der Waals surface area contributed by atoms with Crippen molar-refractivity contribution < 1.29 is 17.6 Å². The van der Waals surface area contributed by atoms with Crippen molar-refractivity contribution in [3.63, 3.8) is 0 Å². The maximum atomic E-state index is 12.7. The van der Waals surface area contributed by atoms with Gasteiger partial charge in [0.2, 0.25) is 15.9 Å². The molecule has 110 valence electrons. The lowest BCUT2D eigenvalue weighted by Gasteiger charge is -2.12. The van der Waals surface area contributed by atoms with Crippen LogP contribution < -0.4 is 10.0 Å². The first-order valence-electron chi connectivity index (χ1n) is 6.52. The van der Waals surface area contributed by atoms with Crippen LogP contribution in [-0.2, 0) is 14.8 Å². The van der Waals surface area contributed by atoms with Gasteiger partial charge in [0, 0.05) is 6.04 Å². The highest BCUT2D eigenvalue weighted by atomic mass is 32.2. The average Bonchev–Trinajstić information content (AvgIpc) is 2.90. The van der Waals surface area contributed by atoms with Crippen LogP contribution in [0.25, 0.3) is 0 Å². The largest absolute Gasteiger partial charge is 0.352 e. The van der Waals surface area contributed by atoms with E-state index in [0.29, 0.717) is 0 Å². The van der Waals surface area contributed by atoms with Crippen LogP contribution in [0.2, 0.25) is 0 Å². The molecule has 1 aromatic carbocycles. The Kier molecular flexibility index (Phi) is 4.72. The molecule has 0 heterocycles. The average molecular weight is 300 g/mol. The third kappa shape index (κ3) is 4.01. The minimum Gasteiger partial charge on any atom is -0.352 e. The quantitative estimate of drug-likeness (QED) is 0.857. The Balaban J connectivity index is 1.88. The van der Waals surface area contributed by atoms with Crippen molar-refractivity contribution >= 4 is 15.9 Å². The predicted octanol–water partition coefficient (Wildman–Crippen LogP) is 1.16. The Morgan fingerprint density at radius 3 is 2.40 bits per heavy atom. The van der Waals surface area contributed by atoms with Crippen molar-refractivity contribution in [2.24, 2.45) is 0 Å². The van der Waals surface area contributed by atoms with Gasteiger partial charge in [-0.05, 0) is 37.1 Å². The fourth-order valence-corrected chi connectivity index (χ4v) is 3.19. The molecule has 1 aromatic rings. The first-order chi connectivity index (χ1) is 9.47. The number of hydrogen-bond donors (Lipinski definition) is 2. The number of nitrogens with one attached hydrogen (secondary N) is 2. The van der Waals surface area contributed by atoms with E-state index in [2.05, 4.69) is 10.0 Å². The molecule has 0 aliphatic heterocycles. The zero-order valence-corrected chi connectivity index (χ0v) is 11.7. The summed E-state index contributed by atoms with van der Waals surface area (Å²) in [6.45, 7) is -0.309. The standard InChI is InChI=1S/C13H17FN2O3S/c14-10-5-7-12(8-6-10)20(18,19)15-9-13(17)16-11-3-1-2-4-11/h5-8,11,15H,1-4,9H2,(H,16,17). The highest BCUT2D eigenvalue weighted by Crippen LogP contribution is 2.17. The number of sulfonamides is 1. The molecule has 0 saturated heterocycles. The Bertz CT molecular complexity index is 566. The highest BCUT2D eigenvalue weighted by molar-refractivity contribution is 7.89. The monoisotopic (exact) mass is 300 g/mol. The maximum absolute atomic E-state index is 12.7. The third-order valence-corrected chi connectivity index (χ3v) is 4.68. The summed E-state index contributed by atoms with van der Waals surface area (Å²) >= 11 is 0. The topological polar surface area (TPSA) is 75.3 Å². The first kappa shape index (κ1) is 14.9. The fraction of sp³-hybridized carbons (Fsp3) is 0.462. The molecule has 1 aliphatic rings. The zero-order valence-electron chi connectivity index (χ0n) is 10.9. The van der Waals surface area contributed by atoms with Crippen molar-refractivity contribution in [2.45, 2.75) is 36.6 Å². The molecule has 0 radical (unpaired) electrons. The van der Waals surface area contributed by atoms with Crippen molar-refractivity contribution in [3.8, 4) is 0 Å². The van der Waals surface area contributed by atoms with Crippen LogP contribution in [0.15, 0.2) is 29.2 Å². The molecule has 1 saturated carbocycles. The van der Waals surface area contributed by atoms with Gasteiger partial charge in [-0.25, -0.2) is 17.5 Å². The predicted molar refractivity (Wildman–Crippen MR) is 72.0 cm³/mol. The Morgan fingerprint density at radius 1 is 1.20 bits per heavy atom. The molecule has 1 fully saturated rings. The van der Waals surface area contributed by atoms with Gasteiger partial charge >= 0.3 is 0 Å². The van der Waals surface area contributed by atoms with Gasteiger partial charge in [-0.1, -0.05) is 12.8 Å². The van der Waals surface area contributed by atoms with Gasteiger partial charge in [0.25, 0.3) is 0 Å². The molecule has 0 unspecified atom stereocenters. The Morgan fingerprint density at radius 2 is 1.80 bits per heavy atom. The number of hydrogen-bond acceptors (Lipinski definition) is 3. The zero-order chi connectivity index (χ0) is 14.6. The molecular formula is C13H17FN2O3S. The second-order valence-corrected chi connectivity index (χ2v) is 6.59. The van der Waals surface area contributed by atoms with E-state index in [-0.39, 0.29) is 23.4 Å². The summed E-state index contributed by atoms with van der Waals surface area (Å²) in [6.07, 6.45) is 4.06. The van der Waals surface area contributed by atoms with Crippen LogP contribution in [0.4, 0.5) is 4.39 Å². The summed E-state index contributed by atoms with van der Waals surface area (Å²) in [5.41, 5.74) is 0. The summed E-state index contributed by atoms with van der Waals surface area (Å²) in [6, 6.07) is 4.59. The SMILES string of the molecule is O=C(CNS(=O)(=O)c1ccc(F)cc1)NC1CCCC1. The van der Waals surface area contributed by atoms with E-state index < -0.39 is 15.8 Å². The van der Waals surface area contributed by atoms with Crippen LogP contribution >= 0.6 is 0 Å². The van der Waals surface area contributed by atoms with Crippen LogP contribution in [0, 0.1) is 5.82 Å². The molecule has 7 heteroatoms. The molecule has 0 atom stereocenters. The molecule has 2 N–H and O–H groups in total. The van der Waals surface area contributed by atoms with Crippen LogP contribution in [0.3, 0.4) is 0 Å². The van der Waals surface area contributed by atoms with Gasteiger partial charge < -0.3 is 5.32 Å². The van der Waals surface area contributed by atoms with Gasteiger partial charge in [0.15, 0.2) is 0 Å². The second-order valence-electron chi connectivity index (χ2n) is 4.83. The number of halogens is 1. The van der Waals surface area contributed by atoms with Gasteiger partial charge in [0.05, 0.1) is 11.4 Å². The van der Waals surface area contributed by atoms with Crippen LogP contribution in [0.1, 0.15) is 25.7 Å². The summed E-state index contributed by atoms with van der Waals surface area (Å²) in [5.74, 6) is -0.856. The lowest BCUT2D eigenvalue weighted by Crippen LogP contribution is -2.40. The van der Waals surface area contributed by atoms with Gasteiger partial charge in [0.1, 0.15) is 5.82 Å². The normalized spacial score (nSPS) is 16.2. The van der Waals surface area contributed by atoms with Gasteiger partial charge in [-0.3, -0.25) is 4.79 Å². The second kappa shape index (κ2) is 6.32. The molecule has 0 bridgehead atoms. The van der Waals surface area contributed by atoms with Crippen LogP contribution in [-0.4, -0.2) is 26.9 Å². The van der Waals surface area contributed by atoms with Crippen molar-refractivity contribution in [1.29, 1.82) is 0 Å². The number of carbonyl (C=O) groups is 1. The highest BCUT2D eigenvalue weighted by Gasteiger charge is 2.19. The molecule has 20 heavy (non-hydrogen) atoms. The van der Waals surface area contributed by atoms with Gasteiger partial charge in [-0.15, -0.1) is 0 Å². The summed E-state index contributed by atoms with van der Waals surface area (Å²) in [4.78, 5) is 11.6. The smallest absolute Gasteiger partial charge is 0.241 e. The van der Waals surface area contributed by atoms with E-state index in [1.54, 1.807) is 0 Å². The van der Waals surface area contributed by atoms with E-state index in [9.17, 15) is 17.6 Å². The number of amides is 1. The number of rotatable bonds is 5. The van der Waals surface area contributed by atoms with Crippen LogP contribution in [0.5, 0.6) is 0 Å². The van der Waals surface area contributed by atoms with E-state index in [0.717, 1.165) is 49.9 Å². The summed E-state index contributed by atoms with van der Waals surface area (Å²) < 4.78 is 38.7. The summed E-state index contributed by atoms with van der Waals surface area (Å²) in [7, 11) is -3.78. The van der Waals surface area contributed by atoms with Crippen molar-refractivity contribution in [1.82, 2.24) is 10.0 Å². The third-order valence-electron chi connectivity index (χ3n) is 3.27. The molecule has 5 nitrogen and oxygen atoms in total. The molecule has 0 aromatic heterocycles. The molecule has 2 rings (SSSR count).